The lowest BCUT2D eigenvalue weighted by Gasteiger charge is -2.12. The van der Waals surface area contributed by atoms with E-state index in [2.05, 4.69) is 25.7 Å². The lowest BCUT2D eigenvalue weighted by molar-refractivity contribution is -0.116. The molecule has 2 aromatic heterocycles. The number of rotatable bonds is 5. The Morgan fingerprint density at radius 2 is 1.96 bits per heavy atom. The molecule has 0 spiro atoms. The molecule has 0 radical (unpaired) electrons. The van der Waals surface area contributed by atoms with Gasteiger partial charge in [-0.05, 0) is 24.3 Å². The van der Waals surface area contributed by atoms with Gasteiger partial charge in [0, 0.05) is 23.8 Å². The summed E-state index contributed by atoms with van der Waals surface area (Å²) in [6, 6.07) is 5.79. The molecule has 0 saturated carbocycles. The second-order valence-electron chi connectivity index (χ2n) is 6.73. The third-order valence-corrected chi connectivity index (χ3v) is 4.71. The van der Waals surface area contributed by atoms with Gasteiger partial charge in [-0.25, -0.2) is 4.39 Å². The third-order valence-electron chi connectivity index (χ3n) is 3.45. The zero-order valence-electron chi connectivity index (χ0n) is 14.6. The highest BCUT2D eigenvalue weighted by Crippen LogP contribution is 2.27. The van der Waals surface area contributed by atoms with Gasteiger partial charge in [-0.2, -0.15) is 4.98 Å². The third kappa shape index (κ3) is 4.48. The first-order valence-electron chi connectivity index (χ1n) is 8.03. The van der Waals surface area contributed by atoms with Crippen molar-refractivity contribution in [3.05, 3.63) is 41.0 Å². The van der Waals surface area contributed by atoms with Crippen LogP contribution in [0.15, 0.2) is 28.8 Å². The van der Waals surface area contributed by atoms with Gasteiger partial charge in [0.2, 0.25) is 22.8 Å². The lowest BCUT2D eigenvalue weighted by atomic mass is 9.98. The number of aryl methyl sites for hydroxylation is 1. The maximum Gasteiger partial charge on any atom is 0.227 e. The molecule has 1 N–H and O–H groups in total. The summed E-state index contributed by atoms with van der Waals surface area (Å²) < 4.78 is 18.1. The second-order valence-corrected chi connectivity index (χ2v) is 7.71. The fraction of sp³-hybridized carbons (Fsp3) is 0.353. The summed E-state index contributed by atoms with van der Waals surface area (Å²) in [6.45, 7) is 6.11. The summed E-state index contributed by atoms with van der Waals surface area (Å²) in [5.41, 5.74) is 0.538. The number of hydrogen-bond donors (Lipinski definition) is 1. The molecule has 2 heterocycles. The molecule has 3 aromatic rings. The van der Waals surface area contributed by atoms with E-state index in [4.69, 9.17) is 4.52 Å². The van der Waals surface area contributed by atoms with Gasteiger partial charge in [0.05, 0.1) is 0 Å². The SMILES string of the molecule is CC(C)(C)c1nnc(NC(=O)CCc2nc(-c3ccc(F)cc3)no2)s1. The van der Waals surface area contributed by atoms with Crippen molar-refractivity contribution in [3.8, 4) is 11.4 Å². The highest BCUT2D eigenvalue weighted by Gasteiger charge is 2.20. The standard InChI is InChI=1S/C17H18FN5O2S/c1-17(2,3)15-21-22-16(26-15)19-12(24)8-9-13-20-14(23-25-13)10-4-6-11(18)7-5-10/h4-7H,8-9H2,1-3H3,(H,19,22,24). The number of benzene rings is 1. The first kappa shape index (κ1) is 18.1. The molecule has 0 fully saturated rings. The fourth-order valence-corrected chi connectivity index (χ4v) is 2.87. The highest BCUT2D eigenvalue weighted by atomic mass is 32.1. The molecule has 3 rings (SSSR count). The van der Waals surface area contributed by atoms with Crippen molar-refractivity contribution in [2.75, 3.05) is 5.32 Å². The molecule has 1 aromatic carbocycles. The predicted molar refractivity (Wildman–Crippen MR) is 95.3 cm³/mol. The summed E-state index contributed by atoms with van der Waals surface area (Å²) in [5.74, 6) is 0.162. The molecular weight excluding hydrogens is 357 g/mol. The predicted octanol–water partition coefficient (Wildman–Crippen LogP) is 3.60. The summed E-state index contributed by atoms with van der Waals surface area (Å²) in [6.07, 6.45) is 0.473. The molecule has 0 saturated heterocycles. The molecule has 136 valence electrons. The van der Waals surface area contributed by atoms with Crippen LogP contribution in [0.4, 0.5) is 9.52 Å². The van der Waals surface area contributed by atoms with Gasteiger partial charge in [0.25, 0.3) is 0 Å². The van der Waals surface area contributed by atoms with E-state index in [0.717, 1.165) is 5.01 Å². The number of nitrogens with zero attached hydrogens (tertiary/aromatic N) is 4. The quantitative estimate of drug-likeness (QED) is 0.732. The van der Waals surface area contributed by atoms with Crippen LogP contribution < -0.4 is 5.32 Å². The Labute approximate surface area is 153 Å². The molecule has 9 heteroatoms. The van der Waals surface area contributed by atoms with Crippen LogP contribution in [0.2, 0.25) is 0 Å². The number of nitrogens with one attached hydrogen (secondary N) is 1. The van der Waals surface area contributed by atoms with E-state index in [9.17, 15) is 9.18 Å². The average Bonchev–Trinajstić information content (AvgIpc) is 3.22. The van der Waals surface area contributed by atoms with Crippen LogP contribution in [0.3, 0.4) is 0 Å². The van der Waals surface area contributed by atoms with Gasteiger partial charge in [-0.15, -0.1) is 10.2 Å². The maximum atomic E-state index is 12.9. The Morgan fingerprint density at radius 3 is 2.62 bits per heavy atom. The van der Waals surface area contributed by atoms with Crippen molar-refractivity contribution < 1.29 is 13.7 Å². The summed E-state index contributed by atoms with van der Waals surface area (Å²) in [5, 5.41) is 16.0. The highest BCUT2D eigenvalue weighted by molar-refractivity contribution is 7.15. The summed E-state index contributed by atoms with van der Waals surface area (Å²) in [4.78, 5) is 16.3. The van der Waals surface area contributed by atoms with Crippen LogP contribution in [-0.4, -0.2) is 26.2 Å². The van der Waals surface area contributed by atoms with Crippen molar-refractivity contribution >= 4 is 22.4 Å². The number of anilines is 1. The van der Waals surface area contributed by atoms with Crippen LogP contribution in [0.25, 0.3) is 11.4 Å². The van der Waals surface area contributed by atoms with Crippen molar-refractivity contribution in [1.82, 2.24) is 20.3 Å². The molecule has 26 heavy (non-hydrogen) atoms. The monoisotopic (exact) mass is 375 g/mol. The van der Waals surface area contributed by atoms with E-state index in [-0.39, 0.29) is 23.6 Å². The Kier molecular flexibility index (Phi) is 5.08. The molecule has 1 amide bonds. The van der Waals surface area contributed by atoms with E-state index in [1.165, 1.54) is 23.5 Å². The minimum atomic E-state index is -0.333. The normalized spacial score (nSPS) is 11.5. The van der Waals surface area contributed by atoms with Crippen molar-refractivity contribution in [2.45, 2.75) is 39.0 Å². The number of carbonyl (C=O) groups is 1. The zero-order chi connectivity index (χ0) is 18.7. The minimum Gasteiger partial charge on any atom is -0.339 e. The van der Waals surface area contributed by atoms with Crippen LogP contribution >= 0.6 is 11.3 Å². The number of halogens is 1. The molecule has 0 unspecified atom stereocenters. The van der Waals surface area contributed by atoms with Crippen LogP contribution in [0, 0.1) is 5.82 Å². The molecule has 7 nitrogen and oxygen atoms in total. The molecule has 0 bridgehead atoms. The number of aromatic nitrogens is 4. The fourth-order valence-electron chi connectivity index (χ4n) is 2.05. The van der Waals surface area contributed by atoms with E-state index in [1.807, 2.05) is 20.8 Å². The first-order valence-corrected chi connectivity index (χ1v) is 8.85. The van der Waals surface area contributed by atoms with E-state index >= 15 is 0 Å². The number of amides is 1. The Hall–Kier alpha value is -2.68. The van der Waals surface area contributed by atoms with E-state index < -0.39 is 0 Å². The molecule has 0 aliphatic carbocycles. The van der Waals surface area contributed by atoms with Gasteiger partial charge < -0.3 is 9.84 Å². The topological polar surface area (TPSA) is 93.8 Å². The van der Waals surface area contributed by atoms with Crippen LogP contribution in [0.5, 0.6) is 0 Å². The Balaban J connectivity index is 1.55. The average molecular weight is 375 g/mol. The van der Waals surface area contributed by atoms with Gasteiger partial charge >= 0.3 is 0 Å². The smallest absolute Gasteiger partial charge is 0.227 e. The van der Waals surface area contributed by atoms with Crippen molar-refractivity contribution in [2.24, 2.45) is 0 Å². The first-order chi connectivity index (χ1) is 12.3. The second kappa shape index (κ2) is 7.28. The Morgan fingerprint density at radius 1 is 1.23 bits per heavy atom. The van der Waals surface area contributed by atoms with Gasteiger partial charge in [-0.1, -0.05) is 37.3 Å². The zero-order valence-corrected chi connectivity index (χ0v) is 15.4. The molecule has 0 atom stereocenters. The Bertz CT molecular complexity index is 899. The van der Waals surface area contributed by atoms with Crippen LogP contribution in [0.1, 0.15) is 38.1 Å². The summed E-state index contributed by atoms with van der Waals surface area (Å²) >= 11 is 1.36. The lowest BCUT2D eigenvalue weighted by Crippen LogP contribution is -2.12. The van der Waals surface area contributed by atoms with E-state index in [0.29, 0.717) is 28.8 Å². The number of hydrogen-bond acceptors (Lipinski definition) is 7. The molecule has 0 aliphatic heterocycles. The van der Waals surface area contributed by atoms with E-state index in [1.54, 1.807) is 12.1 Å². The molecule has 0 aliphatic rings. The maximum absolute atomic E-state index is 12.9. The van der Waals surface area contributed by atoms with Gasteiger partial charge in [0.15, 0.2) is 0 Å². The minimum absolute atomic E-state index is 0.110. The molecular formula is C17H18FN5O2S. The van der Waals surface area contributed by atoms with Gasteiger partial charge in [-0.3, -0.25) is 4.79 Å². The van der Waals surface area contributed by atoms with Gasteiger partial charge in [0.1, 0.15) is 10.8 Å². The van der Waals surface area contributed by atoms with Crippen LogP contribution in [-0.2, 0) is 16.6 Å². The van der Waals surface area contributed by atoms with Crippen molar-refractivity contribution in [3.63, 3.8) is 0 Å². The number of carbonyl (C=O) groups excluding carboxylic acids is 1. The van der Waals surface area contributed by atoms with Crippen molar-refractivity contribution in [1.29, 1.82) is 0 Å². The summed E-state index contributed by atoms with van der Waals surface area (Å²) in [7, 11) is 0. The largest absolute Gasteiger partial charge is 0.339 e.